The molecular formula is C21H28FN3O2. The van der Waals surface area contributed by atoms with Crippen LogP contribution >= 0.6 is 0 Å². The minimum Gasteiger partial charge on any atom is -0.490 e. The number of hydrogen-bond acceptors (Lipinski definition) is 3. The molecule has 2 aromatic rings. The third-order valence-electron chi connectivity index (χ3n) is 5.13. The number of halogens is 1. The van der Waals surface area contributed by atoms with Gasteiger partial charge in [0.1, 0.15) is 11.9 Å². The molecule has 6 heteroatoms. The van der Waals surface area contributed by atoms with E-state index in [0.29, 0.717) is 13.2 Å². The Bertz CT molecular complexity index is 774. The monoisotopic (exact) mass is 373 g/mol. The third-order valence-corrected chi connectivity index (χ3v) is 5.13. The minimum absolute atomic E-state index is 0.102. The summed E-state index contributed by atoms with van der Waals surface area (Å²) in [5.41, 5.74) is 0. The predicted molar refractivity (Wildman–Crippen MR) is 102 cm³/mol. The average molecular weight is 373 g/mol. The molecular weight excluding hydrogens is 345 g/mol. The zero-order chi connectivity index (χ0) is 19.4. The van der Waals surface area contributed by atoms with Gasteiger partial charge in [-0.25, -0.2) is 9.37 Å². The quantitative estimate of drug-likeness (QED) is 0.768. The predicted octanol–water partition coefficient (Wildman–Crippen LogP) is 4.02. The Morgan fingerprint density at radius 2 is 2.11 bits per heavy atom. The van der Waals surface area contributed by atoms with E-state index in [2.05, 4.69) is 18.8 Å². The Balaban J connectivity index is 1.61. The van der Waals surface area contributed by atoms with E-state index < -0.39 is 0 Å². The Morgan fingerprint density at radius 1 is 1.33 bits per heavy atom. The molecule has 0 bridgehead atoms. The molecule has 1 saturated heterocycles. The van der Waals surface area contributed by atoms with E-state index in [4.69, 9.17) is 4.74 Å². The second-order valence-electron chi connectivity index (χ2n) is 7.56. The molecule has 27 heavy (non-hydrogen) atoms. The zero-order valence-electron chi connectivity index (χ0n) is 16.3. The molecule has 146 valence electrons. The van der Waals surface area contributed by atoms with Crippen LogP contribution in [0.3, 0.4) is 0 Å². The molecule has 3 rings (SSSR count). The summed E-state index contributed by atoms with van der Waals surface area (Å²) >= 11 is 0. The number of rotatable bonds is 6. The van der Waals surface area contributed by atoms with Crippen molar-refractivity contribution in [2.24, 2.45) is 5.92 Å². The number of amides is 1. The zero-order valence-corrected chi connectivity index (χ0v) is 16.3. The average Bonchev–Trinajstić information content (AvgIpc) is 3.16. The first-order valence-electron chi connectivity index (χ1n) is 9.66. The summed E-state index contributed by atoms with van der Waals surface area (Å²) in [6.07, 6.45) is 5.54. The fraction of sp³-hybridized carbons (Fsp3) is 0.524. The van der Waals surface area contributed by atoms with Crippen LogP contribution in [0.5, 0.6) is 5.75 Å². The van der Waals surface area contributed by atoms with Gasteiger partial charge in [0.2, 0.25) is 5.91 Å². The van der Waals surface area contributed by atoms with Crippen molar-refractivity contribution in [3.05, 3.63) is 48.3 Å². The Kier molecular flexibility index (Phi) is 6.14. The van der Waals surface area contributed by atoms with Crippen LogP contribution in [0.1, 0.15) is 51.4 Å². The van der Waals surface area contributed by atoms with Crippen molar-refractivity contribution >= 4 is 5.91 Å². The first-order valence-corrected chi connectivity index (χ1v) is 9.66. The van der Waals surface area contributed by atoms with Gasteiger partial charge in [-0.3, -0.25) is 4.79 Å². The molecule has 0 unspecified atom stereocenters. The van der Waals surface area contributed by atoms with E-state index in [9.17, 15) is 9.18 Å². The van der Waals surface area contributed by atoms with E-state index >= 15 is 0 Å². The Morgan fingerprint density at radius 3 is 2.85 bits per heavy atom. The summed E-state index contributed by atoms with van der Waals surface area (Å²) in [5.74, 6) is 1.42. The van der Waals surface area contributed by atoms with Gasteiger partial charge in [0.25, 0.3) is 0 Å². The number of likely N-dealkylation sites (tertiary alicyclic amines) is 1. The van der Waals surface area contributed by atoms with Crippen LogP contribution in [0.15, 0.2) is 36.7 Å². The van der Waals surface area contributed by atoms with Crippen LogP contribution < -0.4 is 4.74 Å². The smallest absolute Gasteiger partial charge is 0.245 e. The molecule has 1 aromatic heterocycles. The summed E-state index contributed by atoms with van der Waals surface area (Å²) < 4.78 is 21.3. The number of hydrogen-bond donors (Lipinski definition) is 0. The molecule has 0 saturated carbocycles. The van der Waals surface area contributed by atoms with Crippen LogP contribution in [-0.4, -0.2) is 40.1 Å². The summed E-state index contributed by atoms with van der Waals surface area (Å²) in [6, 6.07) is 6.15. The van der Waals surface area contributed by atoms with Gasteiger partial charge in [-0.2, -0.15) is 0 Å². The second-order valence-corrected chi connectivity index (χ2v) is 7.56. The molecule has 1 aliphatic rings. The van der Waals surface area contributed by atoms with Gasteiger partial charge in [-0.1, -0.05) is 26.0 Å². The molecule has 2 heterocycles. The van der Waals surface area contributed by atoms with E-state index in [-0.39, 0.29) is 35.4 Å². The number of para-hydroxylation sites is 1. The molecule has 0 spiro atoms. The number of carbonyl (C=O) groups is 1. The second kappa shape index (κ2) is 8.55. The van der Waals surface area contributed by atoms with Crippen molar-refractivity contribution in [1.29, 1.82) is 0 Å². The normalized spacial score (nSPS) is 18.6. The molecule has 2 atom stereocenters. The van der Waals surface area contributed by atoms with E-state index in [1.54, 1.807) is 24.4 Å². The minimum atomic E-state index is -0.351. The van der Waals surface area contributed by atoms with Gasteiger partial charge in [0, 0.05) is 37.3 Å². The lowest BCUT2D eigenvalue weighted by Crippen LogP contribution is -2.44. The standard InChI is InChI=1S/C21H28FN3O2/c1-15(2)20-23-10-12-25(20)16(3)21(26)24-11-6-7-17(13-24)14-27-19-9-5-4-8-18(19)22/h4-5,8-10,12,15-17H,6-7,11,13-14H2,1-3H3/t16-,17+/m0/s1. The highest BCUT2D eigenvalue weighted by atomic mass is 19.1. The lowest BCUT2D eigenvalue weighted by molar-refractivity contribution is -0.136. The first-order chi connectivity index (χ1) is 13.0. The fourth-order valence-electron chi connectivity index (χ4n) is 3.65. The van der Waals surface area contributed by atoms with Crippen molar-refractivity contribution in [2.75, 3.05) is 19.7 Å². The van der Waals surface area contributed by atoms with Crippen molar-refractivity contribution in [2.45, 2.75) is 45.6 Å². The van der Waals surface area contributed by atoms with Crippen LogP contribution in [-0.2, 0) is 4.79 Å². The first kappa shape index (κ1) is 19.4. The van der Waals surface area contributed by atoms with Gasteiger partial charge in [0.05, 0.1) is 6.61 Å². The van der Waals surface area contributed by atoms with Crippen molar-refractivity contribution in [3.63, 3.8) is 0 Å². The van der Waals surface area contributed by atoms with Crippen LogP contribution in [0.25, 0.3) is 0 Å². The topological polar surface area (TPSA) is 47.4 Å². The Labute approximate surface area is 160 Å². The van der Waals surface area contributed by atoms with Gasteiger partial charge in [0.15, 0.2) is 11.6 Å². The fourth-order valence-corrected chi connectivity index (χ4v) is 3.65. The van der Waals surface area contributed by atoms with E-state index in [1.165, 1.54) is 6.07 Å². The van der Waals surface area contributed by atoms with E-state index in [1.807, 2.05) is 22.6 Å². The number of benzene rings is 1. The lowest BCUT2D eigenvalue weighted by atomic mass is 9.98. The third kappa shape index (κ3) is 4.49. The number of carbonyl (C=O) groups excluding carboxylic acids is 1. The number of aromatic nitrogens is 2. The van der Waals surface area contributed by atoms with Crippen molar-refractivity contribution < 1.29 is 13.9 Å². The number of nitrogens with zero attached hydrogens (tertiary/aromatic N) is 3. The maximum atomic E-state index is 13.7. The molecule has 1 aromatic carbocycles. The van der Waals surface area contributed by atoms with E-state index in [0.717, 1.165) is 25.2 Å². The molecule has 0 radical (unpaired) electrons. The number of ether oxygens (including phenoxy) is 1. The van der Waals surface area contributed by atoms with Gasteiger partial charge >= 0.3 is 0 Å². The van der Waals surface area contributed by atoms with Crippen molar-refractivity contribution in [3.8, 4) is 5.75 Å². The molecule has 5 nitrogen and oxygen atoms in total. The van der Waals surface area contributed by atoms with Crippen LogP contribution in [0.4, 0.5) is 4.39 Å². The number of imidazole rings is 1. The highest BCUT2D eigenvalue weighted by Crippen LogP contribution is 2.24. The van der Waals surface area contributed by atoms with Crippen LogP contribution in [0, 0.1) is 11.7 Å². The number of piperidine rings is 1. The van der Waals surface area contributed by atoms with Gasteiger partial charge in [-0.05, 0) is 31.9 Å². The highest BCUT2D eigenvalue weighted by molar-refractivity contribution is 5.80. The largest absolute Gasteiger partial charge is 0.490 e. The molecule has 1 fully saturated rings. The van der Waals surface area contributed by atoms with Gasteiger partial charge in [-0.15, -0.1) is 0 Å². The summed E-state index contributed by atoms with van der Waals surface area (Å²) in [7, 11) is 0. The summed E-state index contributed by atoms with van der Waals surface area (Å²) in [4.78, 5) is 19.3. The lowest BCUT2D eigenvalue weighted by Gasteiger charge is -2.34. The molecule has 1 aliphatic heterocycles. The van der Waals surface area contributed by atoms with Crippen LogP contribution in [0.2, 0.25) is 0 Å². The van der Waals surface area contributed by atoms with Gasteiger partial charge < -0.3 is 14.2 Å². The Hall–Kier alpha value is -2.37. The molecule has 1 amide bonds. The maximum absolute atomic E-state index is 13.7. The molecule has 0 N–H and O–H groups in total. The maximum Gasteiger partial charge on any atom is 0.245 e. The molecule has 0 aliphatic carbocycles. The summed E-state index contributed by atoms with van der Waals surface area (Å²) in [6.45, 7) is 7.89. The summed E-state index contributed by atoms with van der Waals surface area (Å²) in [5, 5.41) is 0. The van der Waals surface area contributed by atoms with Crippen molar-refractivity contribution in [1.82, 2.24) is 14.5 Å². The highest BCUT2D eigenvalue weighted by Gasteiger charge is 2.29. The SMILES string of the molecule is CC(C)c1nccn1[C@@H](C)C(=O)N1CCC[C@@H](COc2ccccc2F)C1.